The lowest BCUT2D eigenvalue weighted by molar-refractivity contribution is 0.101. The Hall–Kier alpha value is -1.74. The van der Waals surface area contributed by atoms with E-state index in [1.807, 2.05) is 6.07 Å². The van der Waals surface area contributed by atoms with Crippen LogP contribution in [0.3, 0.4) is 0 Å². The Morgan fingerprint density at radius 3 is 2.55 bits per heavy atom. The number of benzene rings is 1. The molecule has 5 nitrogen and oxygen atoms in total. The predicted octanol–water partition coefficient (Wildman–Crippen LogP) is 3.58. The minimum atomic E-state index is -0.220. The topological polar surface area (TPSA) is 81.7 Å². The average Bonchev–Trinajstić information content (AvgIpc) is 2.94. The summed E-state index contributed by atoms with van der Waals surface area (Å²) in [5, 5.41) is 21.3. The summed E-state index contributed by atoms with van der Waals surface area (Å²) < 4.78 is 1.65. The Balaban J connectivity index is 2.71. The number of carbonyl (C=O) groups is 1. The highest BCUT2D eigenvalue weighted by atomic mass is 35.5. The van der Waals surface area contributed by atoms with Crippen molar-refractivity contribution in [1.82, 2.24) is 4.57 Å². The van der Waals surface area contributed by atoms with Crippen LogP contribution in [0, 0.1) is 16.7 Å². The van der Waals surface area contributed by atoms with E-state index >= 15 is 0 Å². The van der Waals surface area contributed by atoms with Crippen LogP contribution in [0.5, 0.6) is 0 Å². The molecule has 0 aliphatic carbocycles. The molecule has 0 saturated heterocycles. The third kappa shape index (κ3) is 1.85. The number of rotatable bonds is 1. The second-order valence-electron chi connectivity index (χ2n) is 4.89. The molecule has 1 aliphatic heterocycles. The first-order chi connectivity index (χ1) is 10.4. The van der Waals surface area contributed by atoms with Gasteiger partial charge in [-0.25, -0.2) is 0 Å². The molecular weight excluding hydrogens is 347 g/mol. The van der Waals surface area contributed by atoms with Crippen molar-refractivity contribution in [3.05, 3.63) is 31.7 Å². The zero-order valence-corrected chi connectivity index (χ0v) is 13.6. The molecule has 8 heteroatoms. The number of Topliss-reactive ketones (excluding diaryl/α,β-unsaturated/α-hetero) is 1. The van der Waals surface area contributed by atoms with E-state index in [1.165, 1.54) is 6.92 Å². The van der Waals surface area contributed by atoms with Crippen LogP contribution in [0.1, 0.15) is 22.8 Å². The highest BCUT2D eigenvalue weighted by molar-refractivity contribution is 6.50. The highest BCUT2D eigenvalue weighted by Crippen LogP contribution is 2.42. The number of fused-ring (bicyclic) bond motifs is 2. The highest BCUT2D eigenvalue weighted by Gasteiger charge is 2.27. The number of anilines is 1. The van der Waals surface area contributed by atoms with Crippen molar-refractivity contribution in [2.45, 2.75) is 13.5 Å². The number of nitrogens with zero attached hydrogens (tertiary/aromatic N) is 2. The van der Waals surface area contributed by atoms with Gasteiger partial charge in [0.1, 0.15) is 17.4 Å². The van der Waals surface area contributed by atoms with Crippen molar-refractivity contribution < 1.29 is 4.79 Å². The van der Waals surface area contributed by atoms with Crippen LogP contribution in [-0.2, 0) is 6.54 Å². The zero-order valence-electron chi connectivity index (χ0n) is 11.4. The second-order valence-corrected chi connectivity index (χ2v) is 6.02. The summed E-state index contributed by atoms with van der Waals surface area (Å²) in [4.78, 5) is 12.1. The molecule has 0 spiro atoms. The number of hydrogen-bond donors (Lipinski definition) is 2. The summed E-state index contributed by atoms with van der Waals surface area (Å²) in [7, 11) is 0. The van der Waals surface area contributed by atoms with Crippen molar-refractivity contribution >= 4 is 57.2 Å². The van der Waals surface area contributed by atoms with Crippen LogP contribution in [0.4, 0.5) is 5.82 Å². The predicted molar refractivity (Wildman–Crippen MR) is 86.0 cm³/mol. The molecule has 112 valence electrons. The van der Waals surface area contributed by atoms with E-state index in [9.17, 15) is 10.1 Å². The van der Waals surface area contributed by atoms with Gasteiger partial charge >= 0.3 is 0 Å². The molecule has 0 atom stereocenters. The molecule has 2 N–H and O–H groups in total. The van der Waals surface area contributed by atoms with Crippen molar-refractivity contribution in [2.24, 2.45) is 0 Å². The van der Waals surface area contributed by atoms with E-state index in [0.29, 0.717) is 29.9 Å². The van der Waals surface area contributed by atoms with Gasteiger partial charge in [-0.05, 0) is 6.92 Å². The minimum Gasteiger partial charge on any atom is -0.369 e. The standard InChI is InChI=1S/C14H9Cl3N4O/c1-5(22)7-8-9(13(19)21-3-2-20-14(7)21)10(15)6(4-18)11(16)12(8)17/h19-20H,2-3H2,1H3. The smallest absolute Gasteiger partial charge is 0.164 e. The van der Waals surface area contributed by atoms with Crippen LogP contribution >= 0.6 is 34.8 Å². The fraction of sp³-hybridized carbons (Fsp3) is 0.214. The van der Waals surface area contributed by atoms with Gasteiger partial charge in [0.2, 0.25) is 0 Å². The Bertz CT molecular complexity index is 956. The molecule has 3 rings (SSSR count). The van der Waals surface area contributed by atoms with Gasteiger partial charge in [-0.1, -0.05) is 34.8 Å². The third-order valence-corrected chi connectivity index (χ3v) is 4.91. The van der Waals surface area contributed by atoms with E-state index in [2.05, 4.69) is 5.32 Å². The number of pyridine rings is 1. The fourth-order valence-electron chi connectivity index (χ4n) is 2.75. The third-order valence-electron chi connectivity index (χ3n) is 3.68. The monoisotopic (exact) mass is 354 g/mol. The maximum atomic E-state index is 12.1. The number of ketones is 1. The maximum Gasteiger partial charge on any atom is 0.164 e. The Kier molecular flexibility index (Phi) is 3.56. The first kappa shape index (κ1) is 15.2. The molecule has 2 heterocycles. The van der Waals surface area contributed by atoms with E-state index in [-0.39, 0.29) is 37.3 Å². The van der Waals surface area contributed by atoms with E-state index in [4.69, 9.17) is 40.2 Å². The molecule has 1 aliphatic rings. The molecule has 0 fully saturated rings. The second kappa shape index (κ2) is 5.17. The van der Waals surface area contributed by atoms with Gasteiger partial charge in [0.25, 0.3) is 0 Å². The molecule has 22 heavy (non-hydrogen) atoms. The number of aromatic nitrogens is 1. The van der Waals surface area contributed by atoms with Crippen LogP contribution in [0.2, 0.25) is 15.1 Å². The summed E-state index contributed by atoms with van der Waals surface area (Å²) in [6.07, 6.45) is 0. The van der Waals surface area contributed by atoms with Crippen molar-refractivity contribution in [3.63, 3.8) is 0 Å². The zero-order chi connectivity index (χ0) is 16.2. The first-order valence-corrected chi connectivity index (χ1v) is 7.50. The summed E-state index contributed by atoms with van der Waals surface area (Å²) in [5.41, 5.74) is 0.442. The van der Waals surface area contributed by atoms with Gasteiger partial charge in [0.05, 0.1) is 26.2 Å². The van der Waals surface area contributed by atoms with Crippen LogP contribution in [0.25, 0.3) is 10.8 Å². The normalized spacial score (nSPS) is 12.9. The lowest BCUT2D eigenvalue weighted by Gasteiger charge is -2.16. The molecule has 2 aromatic rings. The first-order valence-electron chi connectivity index (χ1n) is 6.36. The van der Waals surface area contributed by atoms with E-state index in [0.717, 1.165) is 0 Å². The number of nitrogens with one attached hydrogen (secondary N) is 2. The van der Waals surface area contributed by atoms with Gasteiger partial charge in [-0.2, -0.15) is 5.26 Å². The van der Waals surface area contributed by atoms with Crippen molar-refractivity contribution in [2.75, 3.05) is 11.9 Å². The van der Waals surface area contributed by atoms with Crippen molar-refractivity contribution in [1.29, 1.82) is 10.7 Å². The Morgan fingerprint density at radius 2 is 1.95 bits per heavy atom. The molecule has 1 aromatic carbocycles. The Morgan fingerprint density at radius 1 is 1.27 bits per heavy atom. The Labute approximate surface area is 140 Å². The molecule has 1 aromatic heterocycles. The lowest BCUT2D eigenvalue weighted by Crippen LogP contribution is -2.21. The van der Waals surface area contributed by atoms with Gasteiger partial charge in [-0.15, -0.1) is 0 Å². The molecule has 0 unspecified atom stereocenters. The molecule has 0 bridgehead atoms. The lowest BCUT2D eigenvalue weighted by atomic mass is 10.0. The fourth-order valence-corrected chi connectivity index (χ4v) is 3.64. The average molecular weight is 356 g/mol. The van der Waals surface area contributed by atoms with Crippen LogP contribution in [0.15, 0.2) is 0 Å². The summed E-state index contributed by atoms with van der Waals surface area (Å²) in [6, 6.07) is 1.90. The van der Waals surface area contributed by atoms with Crippen LogP contribution < -0.4 is 10.8 Å². The summed E-state index contributed by atoms with van der Waals surface area (Å²) in [5.74, 6) is 0.311. The molecule has 0 amide bonds. The van der Waals surface area contributed by atoms with Gasteiger partial charge in [0.15, 0.2) is 5.78 Å². The molecule has 0 radical (unpaired) electrons. The number of nitriles is 1. The number of hydrogen-bond acceptors (Lipinski definition) is 4. The number of halogens is 3. The molecular formula is C14H9Cl3N4O. The van der Waals surface area contributed by atoms with Crippen LogP contribution in [-0.4, -0.2) is 16.9 Å². The summed E-state index contributed by atoms with van der Waals surface area (Å²) >= 11 is 18.7. The number of carbonyl (C=O) groups excluding carboxylic acids is 1. The maximum absolute atomic E-state index is 12.1. The molecule has 0 saturated carbocycles. The quantitative estimate of drug-likeness (QED) is 0.606. The van der Waals surface area contributed by atoms with E-state index < -0.39 is 0 Å². The minimum absolute atomic E-state index is 0.00786. The van der Waals surface area contributed by atoms with Crippen molar-refractivity contribution in [3.8, 4) is 6.07 Å². The van der Waals surface area contributed by atoms with Gasteiger partial charge < -0.3 is 9.88 Å². The van der Waals surface area contributed by atoms with E-state index in [1.54, 1.807) is 4.57 Å². The summed E-state index contributed by atoms with van der Waals surface area (Å²) in [6.45, 7) is 2.54. The largest absolute Gasteiger partial charge is 0.369 e. The van der Waals surface area contributed by atoms with Gasteiger partial charge in [-0.3, -0.25) is 10.2 Å². The SMILES string of the molecule is CC(=O)c1c2n(c(=N)c3c(Cl)c(C#N)c(Cl)c(Cl)c13)CCN2. The van der Waals surface area contributed by atoms with Gasteiger partial charge in [0, 0.05) is 23.9 Å².